The number of aromatic nitrogens is 1. The number of benzene rings is 1. The number of hydrogen-bond donors (Lipinski definition) is 2. The van der Waals surface area contributed by atoms with Gasteiger partial charge in [-0.15, -0.1) is 0 Å². The standard InChI is InChI=1S/C15H18N2O2/c1-3-15(19)14-12(8-9-17(15)10(2)18)11-6-4-5-7-13(11)16-14/h4-7,16,19H,3,8-9H2,1-2H3. The minimum absolute atomic E-state index is 0.0892. The molecule has 0 radical (unpaired) electrons. The highest BCUT2D eigenvalue weighted by atomic mass is 16.3. The van der Waals surface area contributed by atoms with Crippen LogP contribution < -0.4 is 0 Å². The number of rotatable bonds is 1. The average molecular weight is 258 g/mol. The second-order valence-electron chi connectivity index (χ2n) is 5.11. The van der Waals surface area contributed by atoms with Gasteiger partial charge in [0.1, 0.15) is 0 Å². The first kappa shape index (κ1) is 12.2. The summed E-state index contributed by atoms with van der Waals surface area (Å²) in [7, 11) is 0. The molecule has 1 aromatic carbocycles. The van der Waals surface area contributed by atoms with Gasteiger partial charge in [0.25, 0.3) is 0 Å². The molecule has 2 heterocycles. The van der Waals surface area contributed by atoms with Crippen molar-refractivity contribution >= 4 is 16.8 Å². The molecule has 100 valence electrons. The largest absolute Gasteiger partial charge is 0.365 e. The number of fused-ring (bicyclic) bond motifs is 3. The minimum atomic E-state index is -1.21. The normalized spacial score (nSPS) is 22.6. The van der Waals surface area contributed by atoms with Crippen LogP contribution in [-0.2, 0) is 16.9 Å². The van der Waals surface area contributed by atoms with E-state index >= 15 is 0 Å². The highest BCUT2D eigenvalue weighted by molar-refractivity contribution is 5.86. The van der Waals surface area contributed by atoms with E-state index in [9.17, 15) is 9.90 Å². The first-order chi connectivity index (χ1) is 9.08. The number of H-pyrrole nitrogens is 1. The summed E-state index contributed by atoms with van der Waals surface area (Å²) in [5.74, 6) is -0.0892. The Kier molecular flexibility index (Phi) is 2.64. The number of aromatic amines is 1. The molecule has 19 heavy (non-hydrogen) atoms. The van der Waals surface area contributed by atoms with Gasteiger partial charge in [0, 0.05) is 24.4 Å². The topological polar surface area (TPSA) is 56.3 Å². The van der Waals surface area contributed by atoms with Crippen LogP contribution in [0.4, 0.5) is 0 Å². The van der Waals surface area contributed by atoms with Gasteiger partial charge in [-0.1, -0.05) is 25.1 Å². The van der Waals surface area contributed by atoms with E-state index in [1.165, 1.54) is 6.92 Å². The Bertz CT molecular complexity index is 647. The molecule has 1 aromatic heterocycles. The average Bonchev–Trinajstić information content (AvgIpc) is 2.79. The van der Waals surface area contributed by atoms with Crippen molar-refractivity contribution < 1.29 is 9.90 Å². The summed E-state index contributed by atoms with van der Waals surface area (Å²) in [5.41, 5.74) is 1.72. The van der Waals surface area contributed by atoms with Gasteiger partial charge < -0.3 is 15.0 Å². The van der Waals surface area contributed by atoms with Crippen LogP contribution in [0.5, 0.6) is 0 Å². The molecule has 0 bridgehead atoms. The van der Waals surface area contributed by atoms with E-state index in [-0.39, 0.29) is 5.91 Å². The van der Waals surface area contributed by atoms with Crippen molar-refractivity contribution in [3.63, 3.8) is 0 Å². The Labute approximate surface area is 112 Å². The highest BCUT2D eigenvalue weighted by Crippen LogP contribution is 2.39. The molecule has 3 rings (SSSR count). The summed E-state index contributed by atoms with van der Waals surface area (Å²) < 4.78 is 0. The summed E-state index contributed by atoms with van der Waals surface area (Å²) in [5, 5.41) is 12.1. The summed E-state index contributed by atoms with van der Waals surface area (Å²) >= 11 is 0. The number of hydrogen-bond acceptors (Lipinski definition) is 2. The quantitative estimate of drug-likeness (QED) is 0.823. The maximum atomic E-state index is 11.8. The Morgan fingerprint density at radius 3 is 2.89 bits per heavy atom. The summed E-state index contributed by atoms with van der Waals surface area (Å²) in [6.07, 6.45) is 1.26. The fourth-order valence-electron chi connectivity index (χ4n) is 3.13. The van der Waals surface area contributed by atoms with Crippen LogP contribution in [0.25, 0.3) is 10.9 Å². The fraction of sp³-hybridized carbons (Fsp3) is 0.400. The first-order valence-corrected chi connectivity index (χ1v) is 6.68. The molecule has 0 aliphatic carbocycles. The fourth-order valence-corrected chi connectivity index (χ4v) is 3.13. The van der Waals surface area contributed by atoms with Crippen LogP contribution in [0.15, 0.2) is 24.3 Å². The minimum Gasteiger partial charge on any atom is -0.365 e. The molecule has 0 spiro atoms. The number of aliphatic hydroxyl groups is 1. The number of nitrogens with one attached hydrogen (secondary N) is 1. The zero-order valence-electron chi connectivity index (χ0n) is 11.2. The number of amides is 1. The smallest absolute Gasteiger partial charge is 0.222 e. The van der Waals surface area contributed by atoms with Gasteiger partial charge in [0.15, 0.2) is 5.72 Å². The lowest BCUT2D eigenvalue weighted by Gasteiger charge is -2.42. The van der Waals surface area contributed by atoms with E-state index in [0.29, 0.717) is 13.0 Å². The van der Waals surface area contributed by atoms with Crippen molar-refractivity contribution in [1.82, 2.24) is 9.88 Å². The zero-order valence-corrected chi connectivity index (χ0v) is 11.2. The van der Waals surface area contributed by atoms with Crippen molar-refractivity contribution in [2.24, 2.45) is 0 Å². The Hall–Kier alpha value is -1.81. The maximum absolute atomic E-state index is 11.8. The molecule has 2 N–H and O–H groups in total. The molecule has 1 amide bonds. The lowest BCUT2D eigenvalue weighted by molar-refractivity contribution is -0.165. The van der Waals surface area contributed by atoms with E-state index in [2.05, 4.69) is 11.1 Å². The van der Waals surface area contributed by atoms with Gasteiger partial charge in [-0.25, -0.2) is 0 Å². The molecule has 0 fully saturated rings. The molecule has 0 saturated heterocycles. The van der Waals surface area contributed by atoms with Gasteiger partial charge in [-0.2, -0.15) is 0 Å². The molecular formula is C15H18N2O2. The second-order valence-corrected chi connectivity index (χ2v) is 5.11. The molecule has 1 atom stereocenters. The van der Waals surface area contributed by atoms with Crippen molar-refractivity contribution in [2.45, 2.75) is 32.4 Å². The zero-order chi connectivity index (χ0) is 13.6. The summed E-state index contributed by atoms with van der Waals surface area (Å²) in [6, 6.07) is 8.03. The van der Waals surface area contributed by atoms with Crippen molar-refractivity contribution in [1.29, 1.82) is 0 Å². The predicted octanol–water partition coefficient (Wildman–Crippen LogP) is 2.13. The van der Waals surface area contributed by atoms with E-state index in [1.807, 2.05) is 25.1 Å². The number of carbonyl (C=O) groups excluding carboxylic acids is 1. The number of para-hydroxylation sites is 1. The predicted molar refractivity (Wildman–Crippen MR) is 73.6 cm³/mol. The van der Waals surface area contributed by atoms with Gasteiger partial charge in [-0.05, 0) is 24.5 Å². The van der Waals surface area contributed by atoms with E-state index in [4.69, 9.17) is 0 Å². The van der Waals surface area contributed by atoms with Crippen molar-refractivity contribution in [2.75, 3.05) is 6.54 Å². The van der Waals surface area contributed by atoms with Gasteiger partial charge in [0.2, 0.25) is 5.91 Å². The van der Waals surface area contributed by atoms with Crippen LogP contribution in [0.3, 0.4) is 0 Å². The Morgan fingerprint density at radius 1 is 1.47 bits per heavy atom. The Balaban J connectivity index is 2.24. The van der Waals surface area contributed by atoms with E-state index < -0.39 is 5.72 Å². The Morgan fingerprint density at radius 2 is 2.21 bits per heavy atom. The lowest BCUT2D eigenvalue weighted by atomic mass is 9.92. The molecule has 4 heteroatoms. The number of carbonyl (C=O) groups is 1. The molecule has 4 nitrogen and oxygen atoms in total. The van der Waals surface area contributed by atoms with Gasteiger partial charge in [-0.3, -0.25) is 4.79 Å². The van der Waals surface area contributed by atoms with Gasteiger partial charge in [0.05, 0.1) is 5.69 Å². The van der Waals surface area contributed by atoms with Crippen LogP contribution >= 0.6 is 0 Å². The molecular weight excluding hydrogens is 240 g/mol. The van der Waals surface area contributed by atoms with Crippen LogP contribution in [0.2, 0.25) is 0 Å². The van der Waals surface area contributed by atoms with Crippen molar-refractivity contribution in [3.8, 4) is 0 Å². The lowest BCUT2D eigenvalue weighted by Crippen LogP contribution is -2.52. The monoisotopic (exact) mass is 258 g/mol. The van der Waals surface area contributed by atoms with E-state index in [1.54, 1.807) is 4.90 Å². The van der Waals surface area contributed by atoms with Crippen LogP contribution in [0, 0.1) is 0 Å². The van der Waals surface area contributed by atoms with E-state index in [0.717, 1.165) is 28.6 Å². The summed E-state index contributed by atoms with van der Waals surface area (Å²) in [6.45, 7) is 3.97. The second kappa shape index (κ2) is 4.10. The third-order valence-electron chi connectivity index (χ3n) is 4.12. The third-order valence-corrected chi connectivity index (χ3v) is 4.12. The third kappa shape index (κ3) is 1.60. The molecule has 1 aliphatic rings. The molecule has 2 aromatic rings. The molecule has 0 saturated carbocycles. The highest BCUT2D eigenvalue weighted by Gasteiger charge is 2.42. The first-order valence-electron chi connectivity index (χ1n) is 6.68. The van der Waals surface area contributed by atoms with Crippen molar-refractivity contribution in [3.05, 3.63) is 35.5 Å². The van der Waals surface area contributed by atoms with Gasteiger partial charge >= 0.3 is 0 Å². The molecule has 1 aliphatic heterocycles. The molecule has 1 unspecified atom stereocenters. The SMILES string of the molecule is CCC1(O)c2[nH]c3ccccc3c2CCN1C(C)=O. The number of nitrogens with zero attached hydrogens (tertiary/aromatic N) is 1. The maximum Gasteiger partial charge on any atom is 0.222 e. The van der Waals surface area contributed by atoms with Crippen LogP contribution in [0.1, 0.15) is 31.5 Å². The van der Waals surface area contributed by atoms with Crippen LogP contribution in [-0.4, -0.2) is 27.4 Å². The summed E-state index contributed by atoms with van der Waals surface area (Å²) in [4.78, 5) is 16.6.